The first-order chi connectivity index (χ1) is 11.8. The molecule has 2 heterocycles. The van der Waals surface area contributed by atoms with E-state index in [0.717, 1.165) is 29.7 Å². The molecule has 0 aliphatic carbocycles. The van der Waals surface area contributed by atoms with Crippen molar-refractivity contribution in [2.45, 2.75) is 52.0 Å². The predicted molar refractivity (Wildman–Crippen MR) is 94.2 cm³/mol. The largest absolute Gasteiger partial charge is 0.407 e. The first-order valence-electron chi connectivity index (χ1n) is 8.77. The molecular formula is C18H25N5O. The summed E-state index contributed by atoms with van der Waals surface area (Å²) in [5, 5.41) is 11.6. The molecular weight excluding hydrogens is 302 g/mol. The molecule has 0 aliphatic rings. The third-order valence-electron chi connectivity index (χ3n) is 4.11. The van der Waals surface area contributed by atoms with Gasteiger partial charge < -0.3 is 9.73 Å². The highest BCUT2D eigenvalue weighted by atomic mass is 16.4. The summed E-state index contributed by atoms with van der Waals surface area (Å²) in [7, 11) is 1.90. The van der Waals surface area contributed by atoms with Crippen molar-refractivity contribution < 1.29 is 4.42 Å². The van der Waals surface area contributed by atoms with Gasteiger partial charge in [0.05, 0.1) is 17.6 Å². The van der Waals surface area contributed by atoms with E-state index in [9.17, 15) is 0 Å². The molecule has 0 spiro atoms. The molecule has 0 amide bonds. The Morgan fingerprint density at radius 3 is 2.75 bits per heavy atom. The Morgan fingerprint density at radius 1 is 1.08 bits per heavy atom. The maximum Gasteiger partial charge on any atom is 0.328 e. The Labute approximate surface area is 142 Å². The molecule has 0 saturated heterocycles. The van der Waals surface area contributed by atoms with E-state index < -0.39 is 0 Å². The zero-order valence-electron chi connectivity index (χ0n) is 14.5. The van der Waals surface area contributed by atoms with Crippen LogP contribution in [0.1, 0.15) is 50.7 Å². The van der Waals surface area contributed by atoms with Crippen LogP contribution >= 0.6 is 0 Å². The van der Waals surface area contributed by atoms with Gasteiger partial charge in [-0.2, -0.15) is 0 Å². The van der Waals surface area contributed by atoms with E-state index in [4.69, 9.17) is 4.42 Å². The maximum atomic E-state index is 5.90. The first kappa shape index (κ1) is 16.6. The Balaban J connectivity index is 1.79. The highest BCUT2D eigenvalue weighted by Crippen LogP contribution is 2.21. The smallest absolute Gasteiger partial charge is 0.328 e. The van der Waals surface area contributed by atoms with Gasteiger partial charge in [-0.05, 0) is 25.6 Å². The van der Waals surface area contributed by atoms with Crippen LogP contribution in [-0.4, -0.2) is 26.8 Å². The Bertz CT molecular complexity index is 777. The lowest BCUT2D eigenvalue weighted by atomic mass is 10.1. The molecule has 0 radical (unpaired) electrons. The zero-order valence-corrected chi connectivity index (χ0v) is 14.5. The molecule has 3 rings (SSSR count). The van der Waals surface area contributed by atoms with Crippen LogP contribution in [0.25, 0.3) is 17.0 Å². The third kappa shape index (κ3) is 3.64. The number of hydrogen-bond acceptors (Lipinski definition) is 5. The molecule has 0 aliphatic heterocycles. The number of fused-ring (bicyclic) bond motifs is 1. The fourth-order valence-corrected chi connectivity index (χ4v) is 2.88. The Hall–Kier alpha value is -2.21. The molecule has 0 saturated carbocycles. The fraction of sp³-hybridized carbons (Fsp3) is 0.500. The van der Waals surface area contributed by atoms with E-state index in [1.807, 2.05) is 35.9 Å². The Kier molecular flexibility index (Phi) is 5.59. The predicted octanol–water partition coefficient (Wildman–Crippen LogP) is 3.64. The summed E-state index contributed by atoms with van der Waals surface area (Å²) in [6.07, 6.45) is 6.97. The lowest BCUT2D eigenvalue weighted by Crippen LogP contribution is -2.11. The lowest BCUT2D eigenvalue weighted by Gasteiger charge is -2.03. The maximum absolute atomic E-state index is 5.90. The van der Waals surface area contributed by atoms with Crippen molar-refractivity contribution in [2.75, 3.05) is 7.05 Å². The third-order valence-corrected chi connectivity index (χ3v) is 4.11. The molecule has 0 bridgehead atoms. The van der Waals surface area contributed by atoms with Crippen LogP contribution in [0.5, 0.6) is 0 Å². The summed E-state index contributed by atoms with van der Waals surface area (Å²) in [5.41, 5.74) is 1.92. The van der Waals surface area contributed by atoms with Crippen molar-refractivity contribution in [1.82, 2.24) is 25.1 Å². The summed E-state index contributed by atoms with van der Waals surface area (Å²) in [5.74, 6) is 1.58. The van der Waals surface area contributed by atoms with Crippen molar-refractivity contribution in [3.8, 4) is 6.01 Å². The summed E-state index contributed by atoms with van der Waals surface area (Å²) in [4.78, 5) is 4.66. The number of aromatic nitrogens is 4. The minimum atomic E-state index is 0.498. The minimum Gasteiger partial charge on any atom is -0.407 e. The molecule has 6 nitrogen and oxygen atoms in total. The quantitative estimate of drug-likeness (QED) is 0.608. The van der Waals surface area contributed by atoms with E-state index >= 15 is 0 Å². The van der Waals surface area contributed by atoms with Crippen molar-refractivity contribution in [1.29, 1.82) is 0 Å². The van der Waals surface area contributed by atoms with Crippen LogP contribution in [0.4, 0.5) is 0 Å². The lowest BCUT2D eigenvalue weighted by molar-refractivity contribution is 0.460. The Morgan fingerprint density at radius 2 is 1.92 bits per heavy atom. The number of para-hydroxylation sites is 2. The van der Waals surface area contributed by atoms with E-state index in [1.165, 1.54) is 25.7 Å². The number of imidazole rings is 1. The molecule has 2 aromatic heterocycles. The molecule has 0 atom stereocenters. The standard InChI is InChI=1S/C18H25N5O/c1-3-4-5-6-7-12-17-21-22-18(24-17)23-15-11-9-8-10-14(15)20-16(23)13-19-2/h8-11,19H,3-7,12-13H2,1-2H3. The normalized spacial score (nSPS) is 11.4. The number of rotatable bonds is 9. The molecule has 1 N–H and O–H groups in total. The minimum absolute atomic E-state index is 0.498. The van der Waals surface area contributed by atoms with Crippen LogP contribution in [0.3, 0.4) is 0 Å². The SMILES string of the molecule is CCCCCCCc1nnc(-n2c(CNC)nc3ccccc32)o1. The average Bonchev–Trinajstić information content (AvgIpc) is 3.18. The highest BCUT2D eigenvalue weighted by Gasteiger charge is 2.16. The molecule has 0 unspecified atom stereocenters. The van der Waals surface area contributed by atoms with Gasteiger partial charge in [0.15, 0.2) is 0 Å². The number of unbranched alkanes of at least 4 members (excludes halogenated alkanes) is 4. The fourth-order valence-electron chi connectivity index (χ4n) is 2.88. The molecule has 6 heteroatoms. The number of benzene rings is 1. The van der Waals surface area contributed by atoms with Crippen LogP contribution < -0.4 is 5.32 Å². The average molecular weight is 327 g/mol. The second-order valence-corrected chi connectivity index (χ2v) is 6.03. The van der Waals surface area contributed by atoms with Crippen molar-refractivity contribution in [3.05, 3.63) is 36.0 Å². The van der Waals surface area contributed by atoms with Gasteiger partial charge in [-0.15, -0.1) is 5.10 Å². The van der Waals surface area contributed by atoms with Crippen molar-refractivity contribution >= 4 is 11.0 Å². The summed E-state index contributed by atoms with van der Waals surface area (Å²) in [6, 6.07) is 8.50. The molecule has 128 valence electrons. The van der Waals surface area contributed by atoms with Gasteiger partial charge in [-0.3, -0.25) is 0 Å². The first-order valence-corrected chi connectivity index (χ1v) is 8.77. The van der Waals surface area contributed by atoms with E-state index in [1.54, 1.807) is 0 Å². The van der Waals surface area contributed by atoms with Crippen LogP contribution in [-0.2, 0) is 13.0 Å². The van der Waals surface area contributed by atoms with Crippen LogP contribution in [0.15, 0.2) is 28.7 Å². The van der Waals surface area contributed by atoms with Gasteiger partial charge in [0.25, 0.3) is 0 Å². The topological polar surface area (TPSA) is 68.8 Å². The van der Waals surface area contributed by atoms with Gasteiger partial charge in [-0.1, -0.05) is 49.8 Å². The van der Waals surface area contributed by atoms with E-state index in [-0.39, 0.29) is 0 Å². The van der Waals surface area contributed by atoms with Gasteiger partial charge >= 0.3 is 6.01 Å². The monoisotopic (exact) mass is 327 g/mol. The van der Waals surface area contributed by atoms with E-state index in [0.29, 0.717) is 18.5 Å². The van der Waals surface area contributed by atoms with Crippen molar-refractivity contribution in [3.63, 3.8) is 0 Å². The zero-order chi connectivity index (χ0) is 16.8. The number of hydrogen-bond donors (Lipinski definition) is 1. The molecule has 0 fully saturated rings. The summed E-state index contributed by atoms with van der Waals surface area (Å²) >= 11 is 0. The molecule has 1 aromatic carbocycles. The number of aryl methyl sites for hydroxylation is 1. The van der Waals surface area contributed by atoms with Gasteiger partial charge in [0.2, 0.25) is 5.89 Å². The summed E-state index contributed by atoms with van der Waals surface area (Å²) < 4.78 is 7.85. The number of nitrogens with zero attached hydrogens (tertiary/aromatic N) is 4. The van der Waals surface area contributed by atoms with Gasteiger partial charge in [-0.25, -0.2) is 9.55 Å². The van der Waals surface area contributed by atoms with Gasteiger partial charge in [0.1, 0.15) is 5.82 Å². The highest BCUT2D eigenvalue weighted by molar-refractivity contribution is 5.77. The second kappa shape index (κ2) is 8.06. The molecule has 3 aromatic rings. The van der Waals surface area contributed by atoms with Crippen molar-refractivity contribution in [2.24, 2.45) is 0 Å². The molecule has 24 heavy (non-hydrogen) atoms. The van der Waals surface area contributed by atoms with E-state index in [2.05, 4.69) is 27.4 Å². The summed E-state index contributed by atoms with van der Waals surface area (Å²) in [6.45, 7) is 2.87. The van der Waals surface area contributed by atoms with Gasteiger partial charge in [0, 0.05) is 6.42 Å². The second-order valence-electron chi connectivity index (χ2n) is 6.03. The van der Waals surface area contributed by atoms with Crippen LogP contribution in [0.2, 0.25) is 0 Å². The number of nitrogens with one attached hydrogen (secondary N) is 1. The van der Waals surface area contributed by atoms with Crippen LogP contribution in [0, 0.1) is 0 Å².